The minimum absolute atomic E-state index is 0.227. The van der Waals surface area contributed by atoms with Gasteiger partial charge in [0.25, 0.3) is 0 Å². The summed E-state index contributed by atoms with van der Waals surface area (Å²) in [5.74, 6) is -1.97. The molecule has 0 N–H and O–H groups in total. The van der Waals surface area contributed by atoms with Gasteiger partial charge < -0.3 is 4.90 Å². The van der Waals surface area contributed by atoms with Crippen molar-refractivity contribution in [1.82, 2.24) is 0 Å². The maximum absolute atomic E-state index is 14.0. The maximum Gasteiger partial charge on any atom is 0.183 e. The molecule has 1 aliphatic carbocycles. The fraction of sp³-hybridized carbons (Fsp3) is 0.562. The molecular formula is C16H20F2N2. The summed E-state index contributed by atoms with van der Waals surface area (Å²) in [6, 6.07) is 4.73. The van der Waals surface area contributed by atoms with Crippen molar-refractivity contribution in [3.63, 3.8) is 0 Å². The number of halogens is 2. The summed E-state index contributed by atoms with van der Waals surface area (Å²) < 4.78 is 27.7. The summed E-state index contributed by atoms with van der Waals surface area (Å²) in [4.78, 5) is 1.81. The zero-order valence-corrected chi connectivity index (χ0v) is 12.2. The third-order valence-electron chi connectivity index (χ3n) is 4.42. The lowest BCUT2D eigenvalue weighted by atomic mass is 9.75. The average molecular weight is 278 g/mol. The summed E-state index contributed by atoms with van der Waals surface area (Å²) in [5, 5.41) is 8.71. The summed E-state index contributed by atoms with van der Waals surface area (Å²) in [6.07, 6.45) is 4.12. The molecule has 0 radical (unpaired) electrons. The molecule has 1 saturated carbocycles. The Balaban J connectivity index is 2.20. The second-order valence-electron chi connectivity index (χ2n) is 6.38. The Morgan fingerprint density at radius 2 is 1.80 bits per heavy atom. The van der Waals surface area contributed by atoms with Gasteiger partial charge >= 0.3 is 0 Å². The van der Waals surface area contributed by atoms with Gasteiger partial charge in [0.2, 0.25) is 0 Å². The molecule has 0 atom stereocenters. The average Bonchev–Trinajstić information content (AvgIpc) is 2.41. The second kappa shape index (κ2) is 5.40. The lowest BCUT2D eigenvalue weighted by Crippen LogP contribution is -2.37. The SMILES string of the molecule is CN(c1ccc(C#N)c(F)c1F)C1CCC(C)(C)CC1. The van der Waals surface area contributed by atoms with Crippen molar-refractivity contribution in [1.29, 1.82) is 5.26 Å². The van der Waals surface area contributed by atoms with Crippen LogP contribution in [0.4, 0.5) is 14.5 Å². The number of nitrogens with zero attached hydrogens (tertiary/aromatic N) is 2. The van der Waals surface area contributed by atoms with Crippen molar-refractivity contribution in [3.8, 4) is 6.07 Å². The highest BCUT2D eigenvalue weighted by molar-refractivity contribution is 5.52. The molecule has 0 aromatic heterocycles. The van der Waals surface area contributed by atoms with Gasteiger partial charge in [-0.05, 0) is 43.2 Å². The van der Waals surface area contributed by atoms with Crippen molar-refractivity contribution in [2.24, 2.45) is 5.41 Å². The highest BCUT2D eigenvalue weighted by atomic mass is 19.2. The molecule has 0 heterocycles. The number of benzene rings is 1. The topological polar surface area (TPSA) is 27.0 Å². The van der Waals surface area contributed by atoms with E-state index >= 15 is 0 Å². The van der Waals surface area contributed by atoms with Gasteiger partial charge in [0.15, 0.2) is 11.6 Å². The number of anilines is 1. The van der Waals surface area contributed by atoms with E-state index < -0.39 is 11.6 Å². The van der Waals surface area contributed by atoms with Gasteiger partial charge in [0.1, 0.15) is 6.07 Å². The first-order valence-electron chi connectivity index (χ1n) is 6.96. The van der Waals surface area contributed by atoms with Gasteiger partial charge in [-0.25, -0.2) is 8.78 Å². The third-order valence-corrected chi connectivity index (χ3v) is 4.42. The van der Waals surface area contributed by atoms with Crippen LogP contribution in [0.1, 0.15) is 45.1 Å². The highest BCUT2D eigenvalue weighted by Gasteiger charge is 2.30. The molecule has 0 amide bonds. The summed E-state index contributed by atoms with van der Waals surface area (Å²) >= 11 is 0. The Labute approximate surface area is 119 Å². The van der Waals surface area contributed by atoms with Crippen LogP contribution in [0.2, 0.25) is 0 Å². The normalized spacial score (nSPS) is 18.6. The molecule has 1 fully saturated rings. The van der Waals surface area contributed by atoms with Gasteiger partial charge in [0.05, 0.1) is 11.3 Å². The Kier molecular flexibility index (Phi) is 3.99. The number of rotatable bonds is 2. The smallest absolute Gasteiger partial charge is 0.183 e. The molecule has 108 valence electrons. The molecule has 1 aliphatic rings. The first-order chi connectivity index (χ1) is 9.35. The van der Waals surface area contributed by atoms with Crippen LogP contribution in [0.25, 0.3) is 0 Å². The van der Waals surface area contributed by atoms with Crippen molar-refractivity contribution in [2.45, 2.75) is 45.6 Å². The van der Waals surface area contributed by atoms with Crippen molar-refractivity contribution in [3.05, 3.63) is 29.3 Å². The molecular weight excluding hydrogens is 258 g/mol. The monoisotopic (exact) mass is 278 g/mol. The van der Waals surface area contributed by atoms with E-state index in [-0.39, 0.29) is 17.3 Å². The molecule has 0 unspecified atom stereocenters. The number of nitriles is 1. The van der Waals surface area contributed by atoms with E-state index in [0.717, 1.165) is 25.7 Å². The number of hydrogen-bond acceptors (Lipinski definition) is 2. The van der Waals surface area contributed by atoms with Gasteiger partial charge in [-0.3, -0.25) is 0 Å². The zero-order valence-electron chi connectivity index (χ0n) is 12.2. The van der Waals surface area contributed by atoms with Crippen molar-refractivity contribution < 1.29 is 8.78 Å². The first-order valence-corrected chi connectivity index (χ1v) is 6.96. The Hall–Kier alpha value is -1.63. The quantitative estimate of drug-likeness (QED) is 0.809. The minimum atomic E-state index is -1.05. The third kappa shape index (κ3) is 2.77. The van der Waals surface area contributed by atoms with Crippen LogP contribution >= 0.6 is 0 Å². The van der Waals surface area contributed by atoms with Gasteiger partial charge in [-0.15, -0.1) is 0 Å². The minimum Gasteiger partial charge on any atom is -0.369 e. The van der Waals surface area contributed by atoms with Gasteiger partial charge in [-0.2, -0.15) is 5.26 Å². The Bertz CT molecular complexity index is 536. The van der Waals surface area contributed by atoms with Gasteiger partial charge in [-0.1, -0.05) is 13.8 Å². The molecule has 20 heavy (non-hydrogen) atoms. The Morgan fingerprint density at radius 1 is 1.20 bits per heavy atom. The fourth-order valence-corrected chi connectivity index (χ4v) is 2.87. The molecule has 0 saturated heterocycles. The molecule has 2 nitrogen and oxygen atoms in total. The van der Waals surface area contributed by atoms with Crippen molar-refractivity contribution in [2.75, 3.05) is 11.9 Å². The van der Waals surface area contributed by atoms with Crippen LogP contribution in [-0.2, 0) is 0 Å². The van der Waals surface area contributed by atoms with E-state index in [4.69, 9.17) is 5.26 Å². The zero-order chi connectivity index (χ0) is 14.9. The lowest BCUT2D eigenvalue weighted by Gasteiger charge is -2.39. The van der Waals surface area contributed by atoms with Crippen LogP contribution in [0.5, 0.6) is 0 Å². The van der Waals surface area contributed by atoms with E-state index in [9.17, 15) is 8.78 Å². The predicted octanol–water partition coefficient (Wildman–Crippen LogP) is 4.24. The number of hydrogen-bond donors (Lipinski definition) is 0. The standard InChI is InChI=1S/C16H20F2N2/c1-16(2)8-6-12(7-9-16)20(3)13-5-4-11(10-19)14(17)15(13)18/h4-5,12H,6-9H2,1-3H3. The second-order valence-corrected chi connectivity index (χ2v) is 6.38. The van der Waals surface area contributed by atoms with Crippen LogP contribution in [0.15, 0.2) is 12.1 Å². The summed E-state index contributed by atoms with van der Waals surface area (Å²) in [6.45, 7) is 4.48. The molecule has 0 spiro atoms. The summed E-state index contributed by atoms with van der Waals surface area (Å²) in [7, 11) is 1.80. The first kappa shape index (κ1) is 14.8. The molecule has 4 heteroatoms. The molecule has 0 aliphatic heterocycles. The largest absolute Gasteiger partial charge is 0.369 e. The van der Waals surface area contributed by atoms with E-state index in [1.165, 1.54) is 12.1 Å². The van der Waals surface area contributed by atoms with E-state index in [2.05, 4.69) is 13.8 Å². The van der Waals surface area contributed by atoms with Crippen LogP contribution < -0.4 is 4.90 Å². The fourth-order valence-electron chi connectivity index (χ4n) is 2.87. The van der Waals surface area contributed by atoms with Crippen LogP contribution in [0, 0.1) is 28.4 Å². The summed E-state index contributed by atoms with van der Waals surface area (Å²) in [5.41, 5.74) is 0.335. The lowest BCUT2D eigenvalue weighted by molar-refractivity contribution is 0.222. The maximum atomic E-state index is 14.0. The highest BCUT2D eigenvalue weighted by Crippen LogP contribution is 2.38. The van der Waals surface area contributed by atoms with E-state index in [1.54, 1.807) is 13.1 Å². The van der Waals surface area contributed by atoms with E-state index in [1.807, 2.05) is 4.90 Å². The molecule has 2 rings (SSSR count). The van der Waals surface area contributed by atoms with Gasteiger partial charge in [0, 0.05) is 13.1 Å². The van der Waals surface area contributed by atoms with Crippen LogP contribution in [-0.4, -0.2) is 13.1 Å². The molecule has 1 aromatic carbocycles. The van der Waals surface area contributed by atoms with Crippen LogP contribution in [0.3, 0.4) is 0 Å². The Morgan fingerprint density at radius 3 is 2.35 bits per heavy atom. The van der Waals surface area contributed by atoms with Crippen molar-refractivity contribution >= 4 is 5.69 Å². The molecule has 0 bridgehead atoms. The van der Waals surface area contributed by atoms with E-state index in [0.29, 0.717) is 5.41 Å². The predicted molar refractivity (Wildman–Crippen MR) is 75.5 cm³/mol. The molecule has 1 aromatic rings.